The number of nitrogens with one attached hydrogen (secondary N) is 7. The molecule has 10 amide bonds. The summed E-state index contributed by atoms with van der Waals surface area (Å²) in [6.45, 7) is 4.89. The molecule has 4 aliphatic rings. The van der Waals surface area contributed by atoms with Gasteiger partial charge in [0.05, 0.1) is 32.3 Å². The second-order valence-corrected chi connectivity index (χ2v) is 28.7. The van der Waals surface area contributed by atoms with Crippen molar-refractivity contribution in [2.24, 2.45) is 5.73 Å². The molecule has 0 saturated carbocycles. The van der Waals surface area contributed by atoms with Crippen molar-refractivity contribution < 1.29 is 87.9 Å². The van der Waals surface area contributed by atoms with Crippen molar-refractivity contribution in [3.05, 3.63) is 70.8 Å². The molecule has 2 aromatic carbocycles. The molecule has 4 heterocycles. The zero-order valence-corrected chi connectivity index (χ0v) is 59.6. The summed E-state index contributed by atoms with van der Waals surface area (Å²) in [5, 5.41) is 69.3. The third-order valence-electron chi connectivity index (χ3n) is 17.4. The number of benzene rings is 2. The Morgan fingerprint density at radius 3 is 1.69 bits per heavy atom. The van der Waals surface area contributed by atoms with E-state index in [1.54, 1.807) is 45.0 Å². The molecule has 8 atom stereocenters. The number of carbonyl (C=O) groups is 13. The molecule has 3 saturated heterocycles. The van der Waals surface area contributed by atoms with E-state index in [4.69, 9.17) is 5.73 Å². The number of nitrogens with zero attached hydrogens (tertiary/aromatic N) is 6. The number of carboxylic acid groups (broad SMARTS) is 4. The van der Waals surface area contributed by atoms with Crippen LogP contribution in [0.3, 0.4) is 0 Å². The molecule has 3 fully saturated rings. The molecule has 32 nitrogen and oxygen atoms in total. The lowest BCUT2D eigenvalue weighted by Crippen LogP contribution is -2.61. The number of carboxylic acids is 4. The van der Waals surface area contributed by atoms with E-state index in [0.717, 1.165) is 23.1 Å². The number of amides is 10. The predicted octanol–water partition coefficient (Wildman–Crippen LogP) is -1.65. The molecule has 0 radical (unpaired) electrons. The second-order valence-electron chi connectivity index (χ2n) is 25.5. The Bertz CT molecular complexity index is 3150. The molecule has 558 valence electrons. The number of aliphatic hydroxyl groups excluding tert-OH is 1. The molecule has 0 aromatic heterocycles. The van der Waals surface area contributed by atoms with Gasteiger partial charge in [0.15, 0.2) is 0 Å². The van der Waals surface area contributed by atoms with Gasteiger partial charge < -0.3 is 78.3 Å². The van der Waals surface area contributed by atoms with Crippen LogP contribution in [0.2, 0.25) is 0 Å². The van der Waals surface area contributed by atoms with Crippen molar-refractivity contribution in [3.63, 3.8) is 0 Å². The monoisotopic (exact) mass is 1470 g/mol. The van der Waals surface area contributed by atoms with Gasteiger partial charge in [0.1, 0.15) is 42.3 Å². The Morgan fingerprint density at radius 2 is 1.15 bits per heavy atom. The maximum atomic E-state index is 14.9. The maximum absolute atomic E-state index is 14.9. The average molecular weight is 1470 g/mol. The minimum absolute atomic E-state index is 0.0544. The summed E-state index contributed by atoms with van der Waals surface area (Å²) in [6, 6.07) is 4.14. The largest absolute Gasteiger partial charge is 0.480 e. The topological polar surface area (TPSA) is 453 Å². The number of aliphatic hydroxyl groups is 1. The number of hydrogen-bond acceptors (Lipinski definition) is 21. The number of hydrogen-bond donors (Lipinski definition) is 13. The lowest BCUT2D eigenvalue weighted by molar-refractivity contribution is -0.147. The quantitative estimate of drug-likeness (QED) is 0.0524. The Hall–Kier alpha value is -7.80. The third-order valence-corrected chi connectivity index (χ3v) is 20.7. The molecule has 35 heteroatoms. The van der Waals surface area contributed by atoms with Crippen LogP contribution in [0.15, 0.2) is 48.5 Å². The highest BCUT2D eigenvalue weighted by molar-refractivity contribution is 7.99. The maximum Gasteiger partial charge on any atom is 0.327 e. The van der Waals surface area contributed by atoms with Gasteiger partial charge >= 0.3 is 29.9 Å². The van der Waals surface area contributed by atoms with Crippen molar-refractivity contribution in [3.8, 4) is 0 Å². The van der Waals surface area contributed by atoms with Gasteiger partial charge in [-0.1, -0.05) is 61.9 Å². The summed E-state index contributed by atoms with van der Waals surface area (Å²) in [6.07, 6.45) is 0.0833. The summed E-state index contributed by atoms with van der Waals surface area (Å²) in [4.78, 5) is 184. The van der Waals surface area contributed by atoms with Gasteiger partial charge in [0.25, 0.3) is 0 Å². The molecule has 101 heavy (non-hydrogen) atoms. The lowest BCUT2D eigenvalue weighted by Gasteiger charge is -2.33. The highest BCUT2D eigenvalue weighted by Crippen LogP contribution is 2.28. The van der Waals surface area contributed by atoms with E-state index < -0.39 is 132 Å². The molecule has 2 bridgehead atoms. The molecular weight excluding hydrogens is 1370 g/mol. The zero-order valence-electron chi connectivity index (χ0n) is 57.2. The standard InChI is InChI=1S/C66H98N14O18S3/c1-3-4-16-69-66(98)73-49-40-100-38-45-29-44(37-99-28-17-68-54(83)33-75-20-22-76(34-55(84)85)24-26-78(36-57(88)89)27-25-77(23-21-75)35-56(86)87)30-46(31-45)39-101-41-50(65(96)97)72-60(91)48(32-43-10-6-5-7-11-43)71-59(90)47(14-15-53(67)82)70-62(93)58(42(2)81)74-61(92)51-12-8-18-79(51)64(95)52-13-9-19-80(52)63(49)94/h5-7,10-11,29-31,42,47-52,58,81H,3-4,8-9,12-28,32-41H2,1-2H3,(H2,67,82)(H,68,83)(H,70,93)(H,71,90)(H,72,91)(H,74,92)(H,84,85)(H,86,87)(H,88,89)(H,96,97)(H2,69,73,98)/t42-,47+,48+,49+,50+,51+,52+,58+/m1/s1. The van der Waals surface area contributed by atoms with Crippen molar-refractivity contribution in [2.45, 2.75) is 137 Å². The van der Waals surface area contributed by atoms with Crippen LogP contribution in [0, 0.1) is 0 Å². The van der Waals surface area contributed by atoms with Gasteiger partial charge in [-0.3, -0.25) is 72.3 Å². The van der Waals surface area contributed by atoms with Gasteiger partial charge in [0, 0.05) is 126 Å². The van der Waals surface area contributed by atoms with Gasteiger partial charge in [-0.2, -0.15) is 35.3 Å². The molecule has 0 aliphatic carbocycles. The Morgan fingerprint density at radius 1 is 0.614 bits per heavy atom. The molecule has 4 aliphatic heterocycles. The smallest absolute Gasteiger partial charge is 0.327 e. The number of carbonyl (C=O) groups excluding carboxylic acids is 9. The van der Waals surface area contributed by atoms with E-state index in [2.05, 4.69) is 37.2 Å². The predicted molar refractivity (Wildman–Crippen MR) is 377 cm³/mol. The first-order chi connectivity index (χ1) is 48.3. The van der Waals surface area contributed by atoms with E-state index in [-0.39, 0.29) is 141 Å². The highest BCUT2D eigenvalue weighted by atomic mass is 32.2. The Labute approximate surface area is 599 Å². The molecule has 6 rings (SSSR count). The van der Waals surface area contributed by atoms with Gasteiger partial charge in [0.2, 0.25) is 47.3 Å². The van der Waals surface area contributed by atoms with Crippen molar-refractivity contribution >= 4 is 112 Å². The number of thioether (sulfide) groups is 3. The molecule has 0 spiro atoms. The molecule has 14 N–H and O–H groups in total. The van der Waals surface area contributed by atoms with E-state index in [1.165, 1.54) is 52.0 Å². The first kappa shape index (κ1) is 82.2. The van der Waals surface area contributed by atoms with E-state index in [0.29, 0.717) is 48.6 Å². The van der Waals surface area contributed by atoms with Gasteiger partial charge in [-0.05, 0) is 67.7 Å². The van der Waals surface area contributed by atoms with Crippen LogP contribution in [0.1, 0.15) is 87.5 Å². The summed E-state index contributed by atoms with van der Waals surface area (Å²) in [7, 11) is 0. The first-order valence-corrected chi connectivity index (χ1v) is 37.5. The van der Waals surface area contributed by atoms with Crippen LogP contribution < -0.4 is 43.0 Å². The van der Waals surface area contributed by atoms with Gasteiger partial charge in [-0.25, -0.2) is 9.59 Å². The Balaban J connectivity index is 1.26. The third kappa shape index (κ3) is 28.5. The summed E-state index contributed by atoms with van der Waals surface area (Å²) in [5.74, 6) is -9.28. The number of primary amides is 1. The van der Waals surface area contributed by atoms with Crippen LogP contribution in [-0.2, 0) is 81.2 Å². The Kier molecular flexibility index (Phi) is 34.6. The zero-order chi connectivity index (χ0) is 73.5. The normalized spacial score (nSPS) is 23.3. The molecule has 2 aromatic rings. The fourth-order valence-electron chi connectivity index (χ4n) is 12.2. The second kappa shape index (κ2) is 42.6. The molecular formula is C66H98N14O18S3. The van der Waals surface area contributed by atoms with E-state index >= 15 is 0 Å². The SMILES string of the molecule is CCCCNC(=O)N[C@H]1CSCc2cc(CSCCNC(=O)CN3CCN(CC(=O)O)CCN(CC(=O)O)CCN(CC(=O)O)CC3)cc(c2)CSC[C@@H](C(=O)O)NC(=O)[C@H](Cc2ccccc2)NC(=O)[C@H](CCC(N)=O)NC(=O)[C@H]([C@@H](C)O)NC(=O)[C@@H]2CCCN2C(=O)[C@@H]2CCCN2C1=O. The van der Waals surface area contributed by atoms with Crippen LogP contribution in [0.4, 0.5) is 4.79 Å². The number of aliphatic carboxylic acids is 4. The number of fused-ring (bicyclic) bond motifs is 4. The summed E-state index contributed by atoms with van der Waals surface area (Å²) >= 11 is 4.05. The number of unbranched alkanes of at least 4 members (excludes halogenated alkanes) is 1. The number of rotatable bonds is 24. The minimum Gasteiger partial charge on any atom is -0.480 e. The van der Waals surface area contributed by atoms with Gasteiger partial charge in [-0.15, -0.1) is 0 Å². The van der Waals surface area contributed by atoms with Crippen LogP contribution in [-0.4, -0.2) is 302 Å². The van der Waals surface area contributed by atoms with Crippen molar-refractivity contribution in [1.29, 1.82) is 0 Å². The van der Waals surface area contributed by atoms with E-state index in [1.807, 2.05) is 30.0 Å². The number of urea groups is 1. The van der Waals surface area contributed by atoms with Crippen molar-refractivity contribution in [1.82, 2.24) is 66.6 Å². The summed E-state index contributed by atoms with van der Waals surface area (Å²) < 4.78 is 0. The fourth-order valence-corrected chi connectivity index (χ4v) is 14.9. The van der Waals surface area contributed by atoms with Crippen LogP contribution >= 0.6 is 35.3 Å². The van der Waals surface area contributed by atoms with Crippen LogP contribution in [0.5, 0.6) is 0 Å². The molecule has 0 unspecified atom stereocenters. The number of nitrogens with two attached hydrogens (primary N) is 1. The highest BCUT2D eigenvalue weighted by Gasteiger charge is 2.45. The lowest BCUT2D eigenvalue weighted by atomic mass is 10.0. The average Bonchev–Trinajstić information content (AvgIpc) is 1.72. The van der Waals surface area contributed by atoms with Crippen LogP contribution in [0.25, 0.3) is 0 Å². The van der Waals surface area contributed by atoms with E-state index in [9.17, 15) is 87.9 Å². The van der Waals surface area contributed by atoms with Crippen molar-refractivity contribution in [2.75, 3.05) is 122 Å². The first-order valence-electron chi connectivity index (χ1n) is 34.0. The minimum atomic E-state index is -1.72. The summed E-state index contributed by atoms with van der Waals surface area (Å²) in [5.41, 5.74) is 8.47. The fraction of sp³-hybridized carbons (Fsp3) is 0.621.